The molecule has 3 heteroatoms. The van der Waals surface area contributed by atoms with Crippen LogP contribution in [-0.4, -0.2) is 7.11 Å². The van der Waals surface area contributed by atoms with Gasteiger partial charge in [0.15, 0.2) is 0 Å². The minimum atomic E-state index is -0.396. The molecule has 28 heavy (non-hydrogen) atoms. The number of hydrogen-bond donors (Lipinski definition) is 0. The first-order valence-corrected chi connectivity index (χ1v) is 10.0. The molecule has 0 saturated heterocycles. The maximum atomic E-state index is 6.49. The lowest BCUT2D eigenvalue weighted by Gasteiger charge is -2.28. The Hall–Kier alpha value is -2.45. The Bertz CT molecular complexity index is 909. The Labute approximate surface area is 173 Å². The topological polar surface area (TPSA) is 12.5 Å². The first-order valence-electron chi connectivity index (χ1n) is 9.64. The number of hydrogen-bond acceptors (Lipinski definition) is 2. The van der Waals surface area contributed by atoms with Crippen LogP contribution in [0, 0.1) is 0 Å². The molecule has 3 aromatic carbocycles. The third kappa shape index (κ3) is 4.34. The van der Waals surface area contributed by atoms with E-state index in [2.05, 4.69) is 73.3 Å². The molecule has 0 saturated carbocycles. The molecule has 3 aromatic rings. The van der Waals surface area contributed by atoms with Gasteiger partial charge in [-0.3, -0.25) is 0 Å². The van der Waals surface area contributed by atoms with E-state index < -0.39 is 4.87 Å². The van der Waals surface area contributed by atoms with E-state index in [4.69, 9.17) is 16.3 Å². The van der Waals surface area contributed by atoms with Crippen molar-refractivity contribution in [2.24, 2.45) is 0 Å². The van der Waals surface area contributed by atoms with E-state index in [0.717, 1.165) is 28.4 Å². The maximum Gasteiger partial charge on any atom is 0.142 e. The zero-order valence-corrected chi connectivity index (χ0v) is 18.0. The number of benzene rings is 3. The quantitative estimate of drug-likeness (QED) is 0.396. The fourth-order valence-corrected chi connectivity index (χ4v) is 3.38. The van der Waals surface area contributed by atoms with Crippen molar-refractivity contribution in [3.8, 4) is 5.75 Å². The summed E-state index contributed by atoms with van der Waals surface area (Å²) >= 11 is 6.49. The van der Waals surface area contributed by atoms with Crippen LogP contribution in [0.25, 0.3) is 0 Å². The highest BCUT2D eigenvalue weighted by molar-refractivity contribution is 6.23. The lowest BCUT2D eigenvalue weighted by Crippen LogP contribution is -2.12. The Morgan fingerprint density at radius 1 is 0.821 bits per heavy atom. The molecule has 0 amide bonds. The lowest BCUT2D eigenvalue weighted by atomic mass is 10.0. The van der Waals surface area contributed by atoms with Crippen molar-refractivity contribution in [3.05, 3.63) is 83.9 Å². The highest BCUT2D eigenvalue weighted by atomic mass is 35.5. The van der Waals surface area contributed by atoms with Crippen molar-refractivity contribution in [2.45, 2.75) is 38.5 Å². The van der Waals surface area contributed by atoms with E-state index in [0.29, 0.717) is 5.92 Å². The summed E-state index contributed by atoms with van der Waals surface area (Å²) in [5, 5.41) is 0. The third-order valence-electron chi connectivity index (χ3n) is 4.96. The fraction of sp³-hybridized carbons (Fsp3) is 0.280. The molecule has 0 atom stereocenters. The number of alkyl halides is 1. The number of halogens is 1. The van der Waals surface area contributed by atoms with E-state index in [9.17, 15) is 0 Å². The number of nitrogens with zero attached hydrogens (tertiary/aromatic N) is 1. The molecule has 3 rings (SSSR count). The van der Waals surface area contributed by atoms with E-state index in [1.807, 2.05) is 32.0 Å². The van der Waals surface area contributed by atoms with E-state index >= 15 is 0 Å². The van der Waals surface area contributed by atoms with Crippen LogP contribution in [0.15, 0.2) is 72.8 Å². The summed E-state index contributed by atoms with van der Waals surface area (Å²) in [4.78, 5) is 1.82. The monoisotopic (exact) mass is 393 g/mol. The van der Waals surface area contributed by atoms with Gasteiger partial charge in [-0.2, -0.15) is 0 Å². The second-order valence-electron chi connectivity index (χ2n) is 7.77. The normalized spacial score (nSPS) is 11.5. The number of rotatable bonds is 6. The standard InChI is InChI=1S/C25H28ClNO/c1-18(2)19-10-14-21(15-11-19)27(23-8-6-7-9-24(23)28-5)22-16-12-20(13-17-22)25(3,4)26/h6-18H,1-5H3. The van der Waals surface area contributed by atoms with Gasteiger partial charge in [0, 0.05) is 11.4 Å². The van der Waals surface area contributed by atoms with Crippen LogP contribution in [0.1, 0.15) is 44.7 Å². The van der Waals surface area contributed by atoms with Crippen molar-refractivity contribution in [1.82, 2.24) is 0 Å². The van der Waals surface area contributed by atoms with Crippen LogP contribution < -0.4 is 9.64 Å². The maximum absolute atomic E-state index is 6.49. The van der Waals surface area contributed by atoms with Gasteiger partial charge >= 0.3 is 0 Å². The predicted octanol–water partition coefficient (Wildman–Crippen LogP) is 7.76. The number of anilines is 3. The molecule has 146 valence electrons. The molecule has 0 aliphatic rings. The van der Waals surface area contributed by atoms with Gasteiger partial charge < -0.3 is 9.64 Å². The Morgan fingerprint density at radius 2 is 1.36 bits per heavy atom. The molecule has 0 aliphatic carbocycles. The summed E-state index contributed by atoms with van der Waals surface area (Å²) in [5.74, 6) is 1.33. The van der Waals surface area contributed by atoms with Gasteiger partial charge in [0.2, 0.25) is 0 Å². The van der Waals surface area contributed by atoms with E-state index in [1.165, 1.54) is 5.56 Å². The summed E-state index contributed by atoms with van der Waals surface area (Å²) in [5.41, 5.74) is 5.56. The zero-order valence-electron chi connectivity index (χ0n) is 17.2. The van der Waals surface area contributed by atoms with Crippen LogP contribution in [0.2, 0.25) is 0 Å². The highest BCUT2D eigenvalue weighted by Crippen LogP contribution is 2.41. The number of methoxy groups -OCH3 is 1. The van der Waals surface area contributed by atoms with Crippen molar-refractivity contribution in [3.63, 3.8) is 0 Å². The van der Waals surface area contributed by atoms with Crippen LogP contribution in [0.4, 0.5) is 17.1 Å². The highest BCUT2D eigenvalue weighted by Gasteiger charge is 2.19. The Balaban J connectivity index is 2.12. The summed E-state index contributed by atoms with van der Waals surface area (Å²) in [7, 11) is 1.71. The van der Waals surface area contributed by atoms with Gasteiger partial charge in [-0.1, -0.05) is 50.2 Å². The van der Waals surface area contributed by atoms with Gasteiger partial charge in [-0.15, -0.1) is 11.6 Å². The van der Waals surface area contributed by atoms with Gasteiger partial charge in [0.1, 0.15) is 5.75 Å². The molecule has 0 spiro atoms. The predicted molar refractivity (Wildman–Crippen MR) is 121 cm³/mol. The molecule has 0 aliphatic heterocycles. The molecule has 0 heterocycles. The summed E-state index contributed by atoms with van der Waals surface area (Å²) in [6.45, 7) is 8.43. The first kappa shape index (κ1) is 20.3. The average molecular weight is 394 g/mol. The van der Waals surface area contributed by atoms with Crippen LogP contribution >= 0.6 is 11.6 Å². The van der Waals surface area contributed by atoms with Gasteiger partial charge in [-0.05, 0) is 67.3 Å². The van der Waals surface area contributed by atoms with Gasteiger partial charge in [0.25, 0.3) is 0 Å². The average Bonchev–Trinajstić information content (AvgIpc) is 2.69. The lowest BCUT2D eigenvalue weighted by molar-refractivity contribution is 0.416. The van der Waals surface area contributed by atoms with Crippen molar-refractivity contribution >= 4 is 28.7 Å². The molecule has 0 bridgehead atoms. The summed E-state index contributed by atoms with van der Waals surface area (Å²) in [6.07, 6.45) is 0. The Kier molecular flexibility index (Phi) is 6.00. The van der Waals surface area contributed by atoms with Gasteiger partial charge in [0.05, 0.1) is 17.7 Å². The molecular formula is C25H28ClNO. The van der Waals surface area contributed by atoms with E-state index in [1.54, 1.807) is 7.11 Å². The number of ether oxygens (including phenoxy) is 1. The zero-order chi connectivity index (χ0) is 20.3. The summed E-state index contributed by atoms with van der Waals surface area (Å²) in [6, 6.07) is 25.2. The second kappa shape index (κ2) is 8.28. The second-order valence-corrected chi connectivity index (χ2v) is 8.72. The SMILES string of the molecule is COc1ccccc1N(c1ccc(C(C)C)cc1)c1ccc(C(C)(C)Cl)cc1. The van der Waals surface area contributed by atoms with Crippen molar-refractivity contribution < 1.29 is 4.74 Å². The number of para-hydroxylation sites is 2. The minimum Gasteiger partial charge on any atom is -0.495 e. The van der Waals surface area contributed by atoms with Crippen molar-refractivity contribution in [1.29, 1.82) is 0 Å². The summed E-state index contributed by atoms with van der Waals surface area (Å²) < 4.78 is 5.65. The molecule has 2 nitrogen and oxygen atoms in total. The Morgan fingerprint density at radius 3 is 1.86 bits per heavy atom. The van der Waals surface area contributed by atoms with Crippen LogP contribution in [0.3, 0.4) is 0 Å². The molecule has 0 fully saturated rings. The third-order valence-corrected chi connectivity index (χ3v) is 5.17. The first-order chi connectivity index (χ1) is 13.3. The fourth-order valence-electron chi connectivity index (χ4n) is 3.26. The van der Waals surface area contributed by atoms with Crippen LogP contribution in [-0.2, 0) is 4.87 Å². The molecule has 0 radical (unpaired) electrons. The van der Waals surface area contributed by atoms with E-state index in [-0.39, 0.29) is 0 Å². The molecule has 0 unspecified atom stereocenters. The molecule has 0 N–H and O–H groups in total. The minimum absolute atomic E-state index is 0.396. The molecule has 0 aromatic heterocycles. The van der Waals surface area contributed by atoms with Crippen molar-refractivity contribution in [2.75, 3.05) is 12.0 Å². The van der Waals surface area contributed by atoms with Crippen LogP contribution in [0.5, 0.6) is 5.75 Å². The largest absolute Gasteiger partial charge is 0.495 e. The smallest absolute Gasteiger partial charge is 0.142 e. The molecular weight excluding hydrogens is 366 g/mol. The van der Waals surface area contributed by atoms with Gasteiger partial charge in [-0.25, -0.2) is 0 Å².